The molecule has 5 heteroatoms. The number of rotatable bonds is 5. The second-order valence-corrected chi connectivity index (χ2v) is 4.42. The maximum absolute atomic E-state index is 13.0. The quantitative estimate of drug-likeness (QED) is 0.880. The lowest BCUT2D eigenvalue weighted by molar-refractivity contribution is 0.1000. The molecule has 0 aliphatic rings. The molecule has 0 aromatic heterocycles. The highest BCUT2D eigenvalue weighted by molar-refractivity contribution is 5.92. The van der Waals surface area contributed by atoms with Gasteiger partial charge in [0.25, 0.3) is 0 Å². The molecule has 0 aliphatic heterocycles. The lowest BCUT2D eigenvalue weighted by Gasteiger charge is -2.06. The first-order chi connectivity index (χ1) is 9.56. The maximum atomic E-state index is 13.0. The van der Waals surface area contributed by atoms with Gasteiger partial charge in [-0.1, -0.05) is 18.2 Å². The van der Waals surface area contributed by atoms with E-state index in [4.69, 9.17) is 5.73 Å². The minimum Gasteiger partial charge on any atom is -0.366 e. The molecule has 0 saturated heterocycles. The summed E-state index contributed by atoms with van der Waals surface area (Å²) in [6.07, 6.45) is 0. The number of benzene rings is 2. The van der Waals surface area contributed by atoms with Crippen LogP contribution in [0.15, 0.2) is 42.5 Å². The summed E-state index contributed by atoms with van der Waals surface area (Å²) >= 11 is 0. The predicted molar refractivity (Wildman–Crippen MR) is 71.9 cm³/mol. The molecule has 2 aromatic rings. The molecule has 20 heavy (non-hydrogen) atoms. The van der Waals surface area contributed by atoms with Crippen molar-refractivity contribution in [2.45, 2.75) is 13.1 Å². The van der Waals surface area contributed by atoms with E-state index in [1.54, 1.807) is 18.2 Å². The fraction of sp³-hybridized carbons (Fsp3) is 0.133. The van der Waals surface area contributed by atoms with Crippen molar-refractivity contribution in [2.24, 2.45) is 5.73 Å². The van der Waals surface area contributed by atoms with E-state index in [1.807, 2.05) is 6.07 Å². The van der Waals surface area contributed by atoms with Crippen molar-refractivity contribution in [1.29, 1.82) is 0 Å². The molecule has 0 spiro atoms. The molecule has 0 unspecified atom stereocenters. The van der Waals surface area contributed by atoms with Crippen molar-refractivity contribution >= 4 is 5.91 Å². The van der Waals surface area contributed by atoms with Crippen LogP contribution in [0.25, 0.3) is 0 Å². The van der Waals surface area contributed by atoms with Crippen molar-refractivity contribution < 1.29 is 13.6 Å². The number of carbonyl (C=O) groups excluding carboxylic acids is 1. The molecule has 0 fully saturated rings. The molecule has 0 bridgehead atoms. The first kappa shape index (κ1) is 14.1. The molecule has 0 heterocycles. The summed E-state index contributed by atoms with van der Waals surface area (Å²) in [4.78, 5) is 11.0. The van der Waals surface area contributed by atoms with Gasteiger partial charge < -0.3 is 11.1 Å². The molecule has 104 valence electrons. The van der Waals surface area contributed by atoms with Gasteiger partial charge in [-0.2, -0.15) is 0 Å². The summed E-state index contributed by atoms with van der Waals surface area (Å²) in [6.45, 7) is 0.901. The molecule has 2 aromatic carbocycles. The Balaban J connectivity index is 1.94. The molecule has 3 nitrogen and oxygen atoms in total. The SMILES string of the molecule is NC(=O)c1cccc(CNCc2ccc(F)c(F)c2)c1. The molecule has 0 radical (unpaired) electrons. The lowest BCUT2D eigenvalue weighted by atomic mass is 10.1. The van der Waals surface area contributed by atoms with Crippen LogP contribution in [-0.4, -0.2) is 5.91 Å². The van der Waals surface area contributed by atoms with Gasteiger partial charge in [0.05, 0.1) is 0 Å². The smallest absolute Gasteiger partial charge is 0.248 e. The van der Waals surface area contributed by atoms with E-state index in [1.165, 1.54) is 6.07 Å². The standard InChI is InChI=1S/C15H14F2N2O/c16-13-5-4-11(7-14(13)17)9-19-8-10-2-1-3-12(6-10)15(18)20/h1-7,19H,8-9H2,(H2,18,20). The van der Waals surface area contributed by atoms with Crippen LogP contribution in [0.2, 0.25) is 0 Å². The monoisotopic (exact) mass is 276 g/mol. The highest BCUT2D eigenvalue weighted by Gasteiger charge is 2.03. The summed E-state index contributed by atoms with van der Waals surface area (Å²) < 4.78 is 25.8. The van der Waals surface area contributed by atoms with Crippen LogP contribution < -0.4 is 11.1 Å². The topological polar surface area (TPSA) is 55.1 Å². The van der Waals surface area contributed by atoms with Crippen LogP contribution in [-0.2, 0) is 13.1 Å². The van der Waals surface area contributed by atoms with Crippen LogP contribution in [0.3, 0.4) is 0 Å². The Bertz CT molecular complexity index is 629. The lowest BCUT2D eigenvalue weighted by Crippen LogP contribution is -2.15. The zero-order valence-corrected chi connectivity index (χ0v) is 10.7. The number of amides is 1. The van der Waals surface area contributed by atoms with Crippen LogP contribution in [0.1, 0.15) is 21.5 Å². The zero-order chi connectivity index (χ0) is 14.5. The molecule has 0 atom stereocenters. The Morgan fingerprint density at radius 1 is 1.00 bits per heavy atom. The number of carbonyl (C=O) groups is 1. The van der Waals surface area contributed by atoms with Gasteiger partial charge in [0.15, 0.2) is 11.6 Å². The summed E-state index contributed by atoms with van der Waals surface area (Å²) in [5, 5.41) is 3.09. The summed E-state index contributed by atoms with van der Waals surface area (Å²) in [6, 6.07) is 10.7. The number of nitrogens with one attached hydrogen (secondary N) is 1. The number of primary amides is 1. The van der Waals surface area contributed by atoms with Gasteiger partial charge in [0, 0.05) is 18.7 Å². The fourth-order valence-corrected chi connectivity index (χ4v) is 1.84. The van der Waals surface area contributed by atoms with Gasteiger partial charge in [0.1, 0.15) is 0 Å². The second-order valence-electron chi connectivity index (χ2n) is 4.42. The van der Waals surface area contributed by atoms with Crippen LogP contribution in [0, 0.1) is 11.6 Å². The van der Waals surface area contributed by atoms with Crippen molar-refractivity contribution in [3.8, 4) is 0 Å². The third-order valence-corrected chi connectivity index (χ3v) is 2.85. The molecular weight excluding hydrogens is 262 g/mol. The fourth-order valence-electron chi connectivity index (χ4n) is 1.84. The highest BCUT2D eigenvalue weighted by atomic mass is 19.2. The van der Waals surface area contributed by atoms with E-state index >= 15 is 0 Å². The van der Waals surface area contributed by atoms with E-state index in [2.05, 4.69) is 5.32 Å². The van der Waals surface area contributed by atoms with E-state index in [0.717, 1.165) is 17.7 Å². The largest absolute Gasteiger partial charge is 0.366 e. The van der Waals surface area contributed by atoms with E-state index in [0.29, 0.717) is 24.2 Å². The van der Waals surface area contributed by atoms with Gasteiger partial charge >= 0.3 is 0 Å². The molecule has 0 saturated carbocycles. The molecule has 1 amide bonds. The summed E-state index contributed by atoms with van der Waals surface area (Å²) in [5.74, 6) is -2.20. The molecule has 2 rings (SSSR count). The first-order valence-corrected chi connectivity index (χ1v) is 6.09. The molecule has 0 aliphatic carbocycles. The second kappa shape index (κ2) is 6.25. The predicted octanol–water partition coefficient (Wildman–Crippen LogP) is 2.35. The van der Waals surface area contributed by atoms with Gasteiger partial charge in [-0.25, -0.2) is 8.78 Å². The Morgan fingerprint density at radius 3 is 2.35 bits per heavy atom. The van der Waals surface area contributed by atoms with E-state index < -0.39 is 17.5 Å². The highest BCUT2D eigenvalue weighted by Crippen LogP contribution is 2.09. The Morgan fingerprint density at radius 2 is 1.70 bits per heavy atom. The van der Waals surface area contributed by atoms with Crippen LogP contribution in [0.4, 0.5) is 8.78 Å². The minimum absolute atomic E-state index is 0.401. The number of halogens is 2. The minimum atomic E-state index is -0.861. The van der Waals surface area contributed by atoms with Gasteiger partial charge in [-0.3, -0.25) is 4.79 Å². The van der Waals surface area contributed by atoms with Crippen molar-refractivity contribution in [2.75, 3.05) is 0 Å². The first-order valence-electron chi connectivity index (χ1n) is 6.09. The Kier molecular flexibility index (Phi) is 4.42. The normalized spacial score (nSPS) is 10.5. The van der Waals surface area contributed by atoms with Crippen LogP contribution >= 0.6 is 0 Å². The third-order valence-electron chi connectivity index (χ3n) is 2.85. The van der Waals surface area contributed by atoms with E-state index in [9.17, 15) is 13.6 Å². The van der Waals surface area contributed by atoms with Crippen LogP contribution in [0.5, 0.6) is 0 Å². The molecule has 3 N–H and O–H groups in total. The van der Waals surface area contributed by atoms with Crippen molar-refractivity contribution in [3.05, 3.63) is 70.8 Å². The van der Waals surface area contributed by atoms with Crippen molar-refractivity contribution in [1.82, 2.24) is 5.32 Å². The van der Waals surface area contributed by atoms with Crippen molar-refractivity contribution in [3.63, 3.8) is 0 Å². The number of hydrogen-bond acceptors (Lipinski definition) is 2. The van der Waals surface area contributed by atoms with Gasteiger partial charge in [-0.05, 0) is 35.4 Å². The zero-order valence-electron chi connectivity index (χ0n) is 10.7. The summed E-state index contributed by atoms with van der Waals surface area (Å²) in [5.41, 5.74) is 7.18. The number of nitrogens with two attached hydrogens (primary N) is 1. The average molecular weight is 276 g/mol. The molecular formula is C15H14F2N2O. The Labute approximate surface area is 115 Å². The average Bonchev–Trinajstić information content (AvgIpc) is 2.43. The maximum Gasteiger partial charge on any atom is 0.248 e. The van der Waals surface area contributed by atoms with Gasteiger partial charge in [-0.15, -0.1) is 0 Å². The van der Waals surface area contributed by atoms with E-state index in [-0.39, 0.29) is 0 Å². The Hall–Kier alpha value is -2.27. The third kappa shape index (κ3) is 3.61. The number of hydrogen-bond donors (Lipinski definition) is 2. The summed E-state index contributed by atoms with van der Waals surface area (Å²) in [7, 11) is 0. The van der Waals surface area contributed by atoms with Gasteiger partial charge in [0.2, 0.25) is 5.91 Å².